The van der Waals surface area contributed by atoms with Gasteiger partial charge in [0.2, 0.25) is 11.9 Å². The number of methoxy groups -OCH3 is 1. The van der Waals surface area contributed by atoms with Crippen molar-refractivity contribution in [3.8, 4) is 11.3 Å². The number of fused-ring (bicyclic) bond motifs is 1. The lowest BCUT2D eigenvalue weighted by atomic mass is 10.1. The van der Waals surface area contributed by atoms with Crippen molar-refractivity contribution in [1.82, 2.24) is 19.9 Å². The Kier molecular flexibility index (Phi) is 5.28. The number of carbonyl (C=O) groups excluding carboxylic acids is 1. The number of nitrogens with two attached hydrogens (primary N) is 1. The van der Waals surface area contributed by atoms with Crippen LogP contribution in [0.4, 0.5) is 23.4 Å². The first-order valence-corrected chi connectivity index (χ1v) is 10.4. The maximum Gasteiger partial charge on any atom is 0.337 e. The zero-order valence-electron chi connectivity index (χ0n) is 17.7. The van der Waals surface area contributed by atoms with Crippen molar-refractivity contribution in [3.63, 3.8) is 0 Å². The summed E-state index contributed by atoms with van der Waals surface area (Å²) in [6, 6.07) is 7.37. The molecule has 1 saturated heterocycles. The first kappa shape index (κ1) is 20.1. The maximum absolute atomic E-state index is 12.0. The van der Waals surface area contributed by atoms with Gasteiger partial charge in [-0.1, -0.05) is 6.07 Å². The molecule has 3 aromatic rings. The summed E-state index contributed by atoms with van der Waals surface area (Å²) < 4.78 is 10.4. The summed E-state index contributed by atoms with van der Waals surface area (Å²) in [5.74, 6) is 1.29. The quantitative estimate of drug-likeness (QED) is 0.610. The molecule has 2 aliphatic heterocycles. The Morgan fingerprint density at radius 3 is 2.66 bits per heavy atom. The van der Waals surface area contributed by atoms with E-state index in [4.69, 9.17) is 25.2 Å². The van der Waals surface area contributed by atoms with Crippen LogP contribution in [0.1, 0.15) is 15.9 Å². The second kappa shape index (κ2) is 8.39. The van der Waals surface area contributed by atoms with E-state index < -0.39 is 0 Å². The van der Waals surface area contributed by atoms with E-state index in [9.17, 15) is 4.79 Å². The van der Waals surface area contributed by atoms with Crippen LogP contribution in [0.2, 0.25) is 0 Å². The van der Waals surface area contributed by atoms with Gasteiger partial charge in [-0.25, -0.2) is 19.7 Å². The van der Waals surface area contributed by atoms with Gasteiger partial charge in [0.15, 0.2) is 0 Å². The Hall–Kier alpha value is -3.79. The first-order valence-electron chi connectivity index (χ1n) is 10.4. The molecule has 0 radical (unpaired) electrons. The fourth-order valence-corrected chi connectivity index (χ4v) is 4.02. The summed E-state index contributed by atoms with van der Waals surface area (Å²) in [6.45, 7) is 3.41. The lowest BCUT2D eigenvalue weighted by molar-refractivity contribution is 0.0600. The predicted octanol–water partition coefficient (Wildman–Crippen LogP) is 1.83. The third kappa shape index (κ3) is 3.69. The van der Waals surface area contributed by atoms with Crippen molar-refractivity contribution >= 4 is 29.4 Å². The molecule has 4 heterocycles. The summed E-state index contributed by atoms with van der Waals surface area (Å²) in [5.41, 5.74) is 9.65. The number of nitrogen functional groups attached to an aromatic ring is 1. The smallest absolute Gasteiger partial charge is 0.337 e. The number of benzene rings is 1. The molecule has 0 saturated carbocycles. The highest BCUT2D eigenvalue weighted by molar-refractivity contribution is 5.91. The largest absolute Gasteiger partial charge is 0.465 e. The van der Waals surface area contributed by atoms with Gasteiger partial charge in [0.05, 0.1) is 31.6 Å². The van der Waals surface area contributed by atoms with E-state index in [0.717, 1.165) is 34.7 Å². The van der Waals surface area contributed by atoms with Crippen molar-refractivity contribution in [2.75, 3.05) is 55.5 Å². The zero-order valence-corrected chi connectivity index (χ0v) is 17.7. The molecule has 0 unspecified atom stereocenters. The van der Waals surface area contributed by atoms with Crippen LogP contribution in [0, 0.1) is 0 Å². The number of esters is 1. The number of rotatable bonds is 4. The van der Waals surface area contributed by atoms with E-state index >= 15 is 0 Å². The number of hydrogen-bond donors (Lipinski definition) is 1. The molecule has 0 bridgehead atoms. The van der Waals surface area contributed by atoms with Gasteiger partial charge in [-0.2, -0.15) is 4.98 Å². The summed E-state index contributed by atoms with van der Waals surface area (Å²) in [6.07, 6.45) is 4.13. The van der Waals surface area contributed by atoms with Crippen molar-refractivity contribution in [2.45, 2.75) is 6.42 Å². The summed E-state index contributed by atoms with van der Waals surface area (Å²) in [5, 5.41) is 0. The molecule has 32 heavy (non-hydrogen) atoms. The normalized spacial score (nSPS) is 15.5. The molecule has 10 heteroatoms. The second-order valence-corrected chi connectivity index (χ2v) is 7.55. The van der Waals surface area contributed by atoms with Crippen molar-refractivity contribution in [3.05, 3.63) is 47.8 Å². The van der Waals surface area contributed by atoms with Gasteiger partial charge in [0.1, 0.15) is 5.82 Å². The Labute approximate surface area is 185 Å². The summed E-state index contributed by atoms with van der Waals surface area (Å²) in [4.78, 5) is 34.4. The van der Waals surface area contributed by atoms with Gasteiger partial charge < -0.3 is 25.0 Å². The van der Waals surface area contributed by atoms with E-state index in [1.807, 2.05) is 18.2 Å². The third-order valence-electron chi connectivity index (χ3n) is 5.63. The van der Waals surface area contributed by atoms with Gasteiger partial charge in [-0.05, 0) is 24.6 Å². The number of carbonyl (C=O) groups is 1. The summed E-state index contributed by atoms with van der Waals surface area (Å²) >= 11 is 0. The van der Waals surface area contributed by atoms with Gasteiger partial charge in [-0.3, -0.25) is 0 Å². The molecular weight excluding hydrogens is 410 g/mol. The topological polar surface area (TPSA) is 120 Å². The number of morpholine rings is 1. The van der Waals surface area contributed by atoms with E-state index in [1.165, 1.54) is 7.11 Å². The fraction of sp³-hybridized carbons (Fsp3) is 0.318. The second-order valence-electron chi connectivity index (χ2n) is 7.55. The SMILES string of the molecule is COC(=O)c1cccc(N2CCc3c(-c4cnc(N)nc4)nc(N4CCOCC4)nc32)c1. The molecule has 0 amide bonds. The van der Waals surface area contributed by atoms with Gasteiger partial charge in [0.25, 0.3) is 0 Å². The summed E-state index contributed by atoms with van der Waals surface area (Å²) in [7, 11) is 1.38. The maximum atomic E-state index is 12.0. The average Bonchev–Trinajstić information content (AvgIpc) is 3.28. The van der Waals surface area contributed by atoms with Crippen LogP contribution in [0.3, 0.4) is 0 Å². The molecule has 1 aromatic carbocycles. The number of nitrogens with zero attached hydrogens (tertiary/aromatic N) is 6. The lowest BCUT2D eigenvalue weighted by Gasteiger charge is -2.28. The minimum atomic E-state index is -0.373. The molecule has 10 nitrogen and oxygen atoms in total. The Bertz CT molecular complexity index is 1150. The highest BCUT2D eigenvalue weighted by Crippen LogP contribution is 2.39. The van der Waals surface area contributed by atoms with E-state index in [0.29, 0.717) is 44.4 Å². The molecule has 0 atom stereocenters. The first-order chi connectivity index (χ1) is 15.6. The minimum Gasteiger partial charge on any atom is -0.465 e. The van der Waals surface area contributed by atoms with Crippen LogP contribution in [-0.2, 0) is 15.9 Å². The van der Waals surface area contributed by atoms with Gasteiger partial charge in [0, 0.05) is 48.8 Å². The Morgan fingerprint density at radius 2 is 1.91 bits per heavy atom. The van der Waals surface area contributed by atoms with E-state index in [2.05, 4.69) is 19.8 Å². The highest BCUT2D eigenvalue weighted by Gasteiger charge is 2.29. The number of aromatic nitrogens is 4. The highest BCUT2D eigenvalue weighted by atomic mass is 16.5. The van der Waals surface area contributed by atoms with E-state index in [-0.39, 0.29) is 11.9 Å². The van der Waals surface area contributed by atoms with Gasteiger partial charge >= 0.3 is 5.97 Å². The van der Waals surface area contributed by atoms with Crippen LogP contribution < -0.4 is 15.5 Å². The molecule has 0 aliphatic carbocycles. The van der Waals surface area contributed by atoms with Gasteiger partial charge in [-0.15, -0.1) is 0 Å². The van der Waals surface area contributed by atoms with Crippen molar-refractivity contribution in [2.24, 2.45) is 0 Å². The van der Waals surface area contributed by atoms with Crippen LogP contribution in [0.5, 0.6) is 0 Å². The van der Waals surface area contributed by atoms with Crippen LogP contribution in [-0.4, -0.2) is 65.9 Å². The van der Waals surface area contributed by atoms with Crippen LogP contribution in [0.25, 0.3) is 11.3 Å². The average molecular weight is 433 g/mol. The molecular formula is C22H23N7O3. The Morgan fingerprint density at radius 1 is 1.12 bits per heavy atom. The molecule has 164 valence electrons. The fourth-order valence-electron chi connectivity index (χ4n) is 4.02. The number of hydrogen-bond acceptors (Lipinski definition) is 10. The molecule has 5 rings (SSSR count). The predicted molar refractivity (Wildman–Crippen MR) is 119 cm³/mol. The Balaban J connectivity index is 1.61. The molecule has 1 fully saturated rings. The molecule has 2 N–H and O–H groups in total. The third-order valence-corrected chi connectivity index (χ3v) is 5.63. The monoisotopic (exact) mass is 433 g/mol. The number of anilines is 4. The van der Waals surface area contributed by atoms with E-state index in [1.54, 1.807) is 18.5 Å². The molecule has 0 spiro atoms. The van der Waals surface area contributed by atoms with Crippen LogP contribution >= 0.6 is 0 Å². The van der Waals surface area contributed by atoms with Crippen molar-refractivity contribution in [1.29, 1.82) is 0 Å². The molecule has 2 aromatic heterocycles. The van der Waals surface area contributed by atoms with Crippen LogP contribution in [0.15, 0.2) is 36.7 Å². The number of ether oxygens (including phenoxy) is 2. The molecule has 2 aliphatic rings. The standard InChI is InChI=1S/C22H23N7O3/c1-31-20(30)14-3-2-4-16(11-14)29-6-5-17-18(15-12-24-21(23)25-13-15)26-22(27-19(17)29)28-7-9-32-10-8-28/h2-4,11-13H,5-10H2,1H3,(H2,23,24,25). The zero-order chi connectivity index (χ0) is 22.1. The van der Waals surface area contributed by atoms with Crippen molar-refractivity contribution < 1.29 is 14.3 Å². The lowest BCUT2D eigenvalue weighted by Crippen LogP contribution is -2.37. The minimum absolute atomic E-state index is 0.217.